The minimum absolute atomic E-state index is 0.0766. The fourth-order valence-electron chi connectivity index (χ4n) is 3.88. The Morgan fingerprint density at radius 2 is 2.03 bits per heavy atom. The second-order valence-corrected chi connectivity index (χ2v) is 8.94. The highest BCUT2D eigenvalue weighted by Crippen LogP contribution is 2.30. The fourth-order valence-corrected chi connectivity index (χ4v) is 4.39. The van der Waals surface area contributed by atoms with Crippen LogP contribution in [0.5, 0.6) is 0 Å². The van der Waals surface area contributed by atoms with Crippen molar-refractivity contribution in [1.29, 1.82) is 0 Å². The van der Waals surface area contributed by atoms with Crippen molar-refractivity contribution >= 4 is 27.0 Å². The predicted molar refractivity (Wildman–Crippen MR) is 109 cm³/mol. The molecule has 3 heterocycles. The third kappa shape index (κ3) is 4.30. The smallest absolute Gasteiger partial charge is 0.238 e. The highest BCUT2D eigenvalue weighted by molar-refractivity contribution is 7.89. The van der Waals surface area contributed by atoms with E-state index < -0.39 is 10.0 Å². The van der Waals surface area contributed by atoms with Gasteiger partial charge in [0.05, 0.1) is 4.90 Å². The van der Waals surface area contributed by atoms with Gasteiger partial charge in [0.2, 0.25) is 15.9 Å². The second-order valence-electron chi connectivity index (χ2n) is 7.38. The number of hydrogen-bond acceptors (Lipinski definition) is 5. The first kappa shape index (κ1) is 19.5. The number of likely N-dealkylation sites (tertiary alicyclic amines) is 1. The standard InChI is InChI=1S/C20H23N5O3S/c21-29(27,28)16-8-5-14(6-9-16)7-10-18(26)25-12-2-3-15(13-25)19-17-4-1-11-22-20(17)24-23-19/h1,4-6,8-9,11,15H,2-3,7,10,12-13H2,(H2,21,27,28)(H,22,23,24). The molecule has 8 nitrogen and oxygen atoms in total. The molecule has 0 aliphatic carbocycles. The molecule has 3 N–H and O–H groups in total. The molecule has 2 aromatic heterocycles. The molecule has 29 heavy (non-hydrogen) atoms. The molecule has 3 aromatic rings. The van der Waals surface area contributed by atoms with Crippen molar-refractivity contribution in [3.63, 3.8) is 0 Å². The van der Waals surface area contributed by atoms with Crippen molar-refractivity contribution in [2.45, 2.75) is 36.5 Å². The number of hydrogen-bond donors (Lipinski definition) is 2. The lowest BCUT2D eigenvalue weighted by atomic mass is 9.93. The van der Waals surface area contributed by atoms with E-state index in [2.05, 4.69) is 15.2 Å². The van der Waals surface area contributed by atoms with E-state index in [1.54, 1.807) is 18.3 Å². The third-order valence-electron chi connectivity index (χ3n) is 5.42. The van der Waals surface area contributed by atoms with E-state index in [4.69, 9.17) is 5.14 Å². The molecule has 0 spiro atoms. The van der Waals surface area contributed by atoms with Crippen LogP contribution in [0.15, 0.2) is 47.5 Å². The Morgan fingerprint density at radius 3 is 2.79 bits per heavy atom. The zero-order chi connectivity index (χ0) is 20.4. The molecule has 0 saturated carbocycles. The average Bonchev–Trinajstić information content (AvgIpc) is 3.16. The highest BCUT2D eigenvalue weighted by Gasteiger charge is 2.27. The van der Waals surface area contributed by atoms with E-state index in [9.17, 15) is 13.2 Å². The SMILES string of the molecule is NS(=O)(=O)c1ccc(CCC(=O)N2CCCC(c3[nH]nc4ncccc34)C2)cc1. The Balaban J connectivity index is 1.39. The van der Waals surface area contributed by atoms with Gasteiger partial charge in [0.25, 0.3) is 0 Å². The van der Waals surface area contributed by atoms with Gasteiger partial charge in [-0.3, -0.25) is 9.89 Å². The Labute approximate surface area is 169 Å². The molecular formula is C20H23N5O3S. The maximum atomic E-state index is 12.7. The predicted octanol–water partition coefficient (Wildman–Crippen LogP) is 1.94. The number of pyridine rings is 1. The van der Waals surface area contributed by atoms with Crippen LogP contribution in [0.25, 0.3) is 11.0 Å². The molecule has 0 bridgehead atoms. The summed E-state index contributed by atoms with van der Waals surface area (Å²) in [4.78, 5) is 19.0. The second kappa shape index (κ2) is 7.92. The number of sulfonamides is 1. The number of aromatic nitrogens is 3. The van der Waals surface area contributed by atoms with Crippen molar-refractivity contribution in [3.05, 3.63) is 53.9 Å². The molecule has 1 atom stereocenters. The summed E-state index contributed by atoms with van der Waals surface area (Å²) in [5, 5.41) is 13.5. The van der Waals surface area contributed by atoms with E-state index >= 15 is 0 Å². The molecule has 152 valence electrons. The van der Waals surface area contributed by atoms with Gasteiger partial charge in [0, 0.05) is 42.7 Å². The number of amides is 1. The first-order valence-corrected chi connectivity index (χ1v) is 11.1. The number of primary sulfonamides is 1. The summed E-state index contributed by atoms with van der Waals surface area (Å²) >= 11 is 0. The Hall–Kier alpha value is -2.78. The monoisotopic (exact) mass is 413 g/mol. The van der Waals surface area contributed by atoms with Crippen LogP contribution >= 0.6 is 0 Å². The van der Waals surface area contributed by atoms with E-state index in [-0.39, 0.29) is 16.7 Å². The number of nitrogens with zero attached hydrogens (tertiary/aromatic N) is 3. The minimum Gasteiger partial charge on any atom is -0.342 e. The number of carbonyl (C=O) groups is 1. The molecular weight excluding hydrogens is 390 g/mol. The summed E-state index contributed by atoms with van der Waals surface area (Å²) < 4.78 is 22.7. The largest absolute Gasteiger partial charge is 0.342 e. The van der Waals surface area contributed by atoms with Crippen LogP contribution < -0.4 is 5.14 Å². The van der Waals surface area contributed by atoms with Gasteiger partial charge in [0.1, 0.15) is 0 Å². The molecule has 1 fully saturated rings. The first-order valence-electron chi connectivity index (χ1n) is 9.60. The molecule has 1 amide bonds. The van der Waals surface area contributed by atoms with Crippen molar-refractivity contribution in [2.75, 3.05) is 13.1 Å². The Kier molecular flexibility index (Phi) is 5.33. The van der Waals surface area contributed by atoms with Crippen molar-refractivity contribution < 1.29 is 13.2 Å². The van der Waals surface area contributed by atoms with Crippen LogP contribution in [0.4, 0.5) is 0 Å². The summed E-state index contributed by atoms with van der Waals surface area (Å²) in [6.45, 7) is 1.42. The summed E-state index contributed by atoms with van der Waals surface area (Å²) in [5.41, 5.74) is 2.66. The molecule has 0 radical (unpaired) electrons. The number of rotatable bonds is 5. The number of fused-ring (bicyclic) bond motifs is 1. The topological polar surface area (TPSA) is 122 Å². The maximum absolute atomic E-state index is 12.7. The first-order chi connectivity index (χ1) is 13.9. The van der Waals surface area contributed by atoms with E-state index in [0.717, 1.165) is 36.0 Å². The lowest BCUT2D eigenvalue weighted by Crippen LogP contribution is -2.39. The highest BCUT2D eigenvalue weighted by atomic mass is 32.2. The zero-order valence-electron chi connectivity index (χ0n) is 15.9. The Morgan fingerprint density at radius 1 is 1.24 bits per heavy atom. The van der Waals surface area contributed by atoms with Crippen molar-refractivity contribution in [2.24, 2.45) is 5.14 Å². The quantitative estimate of drug-likeness (QED) is 0.662. The van der Waals surface area contributed by atoms with E-state index in [1.807, 2.05) is 17.0 Å². The van der Waals surface area contributed by atoms with Gasteiger partial charge >= 0.3 is 0 Å². The number of nitrogens with one attached hydrogen (secondary N) is 1. The summed E-state index contributed by atoms with van der Waals surface area (Å²) in [5.74, 6) is 0.322. The van der Waals surface area contributed by atoms with Crippen LogP contribution in [0, 0.1) is 0 Å². The normalized spacial score (nSPS) is 17.6. The number of nitrogens with two attached hydrogens (primary N) is 1. The van der Waals surface area contributed by atoms with Crippen LogP contribution in [0.2, 0.25) is 0 Å². The maximum Gasteiger partial charge on any atom is 0.238 e. The van der Waals surface area contributed by atoms with Gasteiger partial charge in [-0.15, -0.1) is 0 Å². The van der Waals surface area contributed by atoms with Crippen LogP contribution in [-0.4, -0.2) is 47.5 Å². The van der Waals surface area contributed by atoms with Crippen molar-refractivity contribution in [3.8, 4) is 0 Å². The van der Waals surface area contributed by atoms with Gasteiger partial charge in [-0.05, 0) is 49.1 Å². The number of benzene rings is 1. The number of piperidine rings is 1. The summed E-state index contributed by atoms with van der Waals surface area (Å²) in [6.07, 6.45) is 4.61. The summed E-state index contributed by atoms with van der Waals surface area (Å²) in [6, 6.07) is 10.3. The molecule has 1 unspecified atom stereocenters. The van der Waals surface area contributed by atoms with Gasteiger partial charge in [-0.2, -0.15) is 5.10 Å². The molecule has 4 rings (SSSR count). The van der Waals surface area contributed by atoms with Crippen LogP contribution in [0.1, 0.15) is 36.4 Å². The van der Waals surface area contributed by atoms with Crippen LogP contribution in [0.3, 0.4) is 0 Å². The number of H-pyrrole nitrogens is 1. The zero-order valence-corrected chi connectivity index (χ0v) is 16.7. The lowest BCUT2D eigenvalue weighted by molar-refractivity contribution is -0.132. The molecule has 1 aliphatic rings. The fraction of sp³-hybridized carbons (Fsp3) is 0.350. The minimum atomic E-state index is -3.70. The summed E-state index contributed by atoms with van der Waals surface area (Å²) in [7, 11) is -3.70. The third-order valence-corrected chi connectivity index (χ3v) is 6.35. The lowest BCUT2D eigenvalue weighted by Gasteiger charge is -2.32. The number of aryl methyl sites for hydroxylation is 1. The van der Waals surface area contributed by atoms with E-state index in [1.165, 1.54) is 12.1 Å². The van der Waals surface area contributed by atoms with Gasteiger partial charge < -0.3 is 4.90 Å². The van der Waals surface area contributed by atoms with E-state index in [0.29, 0.717) is 25.0 Å². The van der Waals surface area contributed by atoms with Gasteiger partial charge in [0.15, 0.2) is 5.65 Å². The molecule has 1 aliphatic heterocycles. The number of aromatic amines is 1. The van der Waals surface area contributed by atoms with Crippen molar-refractivity contribution in [1.82, 2.24) is 20.1 Å². The Bertz CT molecular complexity index is 1120. The average molecular weight is 414 g/mol. The van der Waals surface area contributed by atoms with Crippen LogP contribution in [-0.2, 0) is 21.2 Å². The molecule has 1 saturated heterocycles. The van der Waals surface area contributed by atoms with Gasteiger partial charge in [-0.25, -0.2) is 18.5 Å². The molecule has 1 aromatic carbocycles. The number of carbonyl (C=O) groups excluding carboxylic acids is 1. The van der Waals surface area contributed by atoms with Gasteiger partial charge in [-0.1, -0.05) is 12.1 Å². The molecule has 9 heteroatoms.